The summed E-state index contributed by atoms with van der Waals surface area (Å²) in [7, 11) is 3.67. The lowest BCUT2D eigenvalue weighted by molar-refractivity contribution is -0.146. The van der Waals surface area contributed by atoms with Gasteiger partial charge in [0.2, 0.25) is 0 Å². The summed E-state index contributed by atoms with van der Waals surface area (Å²) in [5.41, 5.74) is 0.852. The Morgan fingerprint density at radius 2 is 2.06 bits per heavy atom. The van der Waals surface area contributed by atoms with Gasteiger partial charge in [-0.1, -0.05) is 6.07 Å². The van der Waals surface area contributed by atoms with Crippen molar-refractivity contribution in [2.45, 2.75) is 12.6 Å². The van der Waals surface area contributed by atoms with E-state index in [0.29, 0.717) is 12.1 Å². The average molecular weight is 225 g/mol. The molecule has 0 aliphatic heterocycles. The maximum Gasteiger partial charge on any atom is 0.337 e. The van der Waals surface area contributed by atoms with Crippen molar-refractivity contribution in [2.75, 3.05) is 14.1 Å². The third-order valence-corrected chi connectivity index (χ3v) is 2.14. The molecule has 0 aliphatic carbocycles. The normalized spacial score (nSPS) is 12.8. The van der Waals surface area contributed by atoms with E-state index in [1.165, 1.54) is 18.2 Å². The van der Waals surface area contributed by atoms with Crippen molar-refractivity contribution < 1.29 is 20.1 Å². The summed E-state index contributed by atoms with van der Waals surface area (Å²) in [6.07, 6.45) is -1.55. The second-order valence-corrected chi connectivity index (χ2v) is 3.87. The summed E-state index contributed by atoms with van der Waals surface area (Å²) < 4.78 is 0. The Hall–Kier alpha value is -1.59. The van der Waals surface area contributed by atoms with Crippen LogP contribution in [0.2, 0.25) is 0 Å². The van der Waals surface area contributed by atoms with Crippen molar-refractivity contribution in [1.82, 2.24) is 4.90 Å². The molecule has 0 heterocycles. The topological polar surface area (TPSA) is 81.0 Å². The molecule has 0 bridgehead atoms. The first-order chi connectivity index (χ1) is 7.41. The summed E-state index contributed by atoms with van der Waals surface area (Å²) in [6, 6.07) is 4.28. The second kappa shape index (κ2) is 4.96. The van der Waals surface area contributed by atoms with Crippen LogP contribution in [0.3, 0.4) is 0 Å². The molecule has 0 aliphatic rings. The van der Waals surface area contributed by atoms with Crippen molar-refractivity contribution in [3.05, 3.63) is 29.3 Å². The molecule has 16 heavy (non-hydrogen) atoms. The Labute approximate surface area is 93.6 Å². The Morgan fingerprint density at radius 3 is 2.56 bits per heavy atom. The molecular weight excluding hydrogens is 210 g/mol. The average Bonchev–Trinajstić information content (AvgIpc) is 2.19. The van der Waals surface area contributed by atoms with Gasteiger partial charge in [-0.2, -0.15) is 0 Å². The van der Waals surface area contributed by atoms with Gasteiger partial charge in [0.1, 0.15) is 5.75 Å². The van der Waals surface area contributed by atoms with Crippen LogP contribution >= 0.6 is 0 Å². The summed E-state index contributed by atoms with van der Waals surface area (Å²) in [5.74, 6) is -1.21. The molecule has 0 spiro atoms. The van der Waals surface area contributed by atoms with Crippen LogP contribution in [0.1, 0.15) is 17.2 Å². The van der Waals surface area contributed by atoms with Gasteiger partial charge in [-0.05, 0) is 31.8 Å². The van der Waals surface area contributed by atoms with Crippen LogP contribution in [0, 0.1) is 0 Å². The molecule has 5 nitrogen and oxygen atoms in total. The number of hydrogen-bond acceptors (Lipinski definition) is 4. The van der Waals surface area contributed by atoms with E-state index >= 15 is 0 Å². The number of phenols is 1. The van der Waals surface area contributed by atoms with E-state index in [4.69, 9.17) is 5.11 Å². The number of carbonyl (C=O) groups is 1. The first-order valence-electron chi connectivity index (χ1n) is 4.79. The summed E-state index contributed by atoms with van der Waals surface area (Å²) in [6.45, 7) is 0.478. The van der Waals surface area contributed by atoms with Crippen LogP contribution in [-0.2, 0) is 11.3 Å². The first-order valence-corrected chi connectivity index (χ1v) is 4.79. The van der Waals surface area contributed by atoms with Crippen molar-refractivity contribution in [3.8, 4) is 5.75 Å². The molecule has 5 heteroatoms. The molecule has 3 N–H and O–H groups in total. The van der Waals surface area contributed by atoms with Gasteiger partial charge in [-0.3, -0.25) is 0 Å². The minimum atomic E-state index is -1.55. The number of rotatable bonds is 4. The molecule has 0 saturated heterocycles. The van der Waals surface area contributed by atoms with Crippen LogP contribution in [0.4, 0.5) is 0 Å². The molecule has 1 rings (SSSR count). The maximum absolute atomic E-state index is 10.6. The van der Waals surface area contributed by atoms with E-state index < -0.39 is 12.1 Å². The SMILES string of the molecule is CN(C)Cc1cc(C(O)C(=O)O)ccc1O. The minimum Gasteiger partial charge on any atom is -0.508 e. The second-order valence-electron chi connectivity index (χ2n) is 3.87. The van der Waals surface area contributed by atoms with Crippen molar-refractivity contribution in [2.24, 2.45) is 0 Å². The van der Waals surface area contributed by atoms with Gasteiger partial charge in [0.05, 0.1) is 0 Å². The van der Waals surface area contributed by atoms with E-state index in [1.807, 2.05) is 19.0 Å². The van der Waals surface area contributed by atoms with E-state index in [2.05, 4.69) is 0 Å². The molecule has 1 aromatic carbocycles. The predicted molar refractivity (Wildman–Crippen MR) is 58.1 cm³/mol. The summed E-state index contributed by atoms with van der Waals surface area (Å²) >= 11 is 0. The largest absolute Gasteiger partial charge is 0.508 e. The van der Waals surface area contributed by atoms with Crippen LogP contribution < -0.4 is 0 Å². The number of aliphatic hydroxyl groups excluding tert-OH is 1. The highest BCUT2D eigenvalue weighted by Gasteiger charge is 2.17. The number of phenolic OH excluding ortho intramolecular Hbond substituents is 1. The fourth-order valence-electron chi connectivity index (χ4n) is 1.39. The number of carboxylic acids is 1. The van der Waals surface area contributed by atoms with E-state index in [9.17, 15) is 15.0 Å². The maximum atomic E-state index is 10.6. The number of benzene rings is 1. The van der Waals surface area contributed by atoms with E-state index in [0.717, 1.165) is 0 Å². The van der Waals surface area contributed by atoms with E-state index in [1.54, 1.807) is 0 Å². The van der Waals surface area contributed by atoms with Crippen LogP contribution in [0.25, 0.3) is 0 Å². The first kappa shape index (κ1) is 12.5. The fraction of sp³-hybridized carbons (Fsp3) is 0.364. The highest BCUT2D eigenvalue weighted by atomic mass is 16.4. The molecule has 0 aromatic heterocycles. The summed E-state index contributed by atoms with van der Waals surface area (Å²) in [5, 5.41) is 27.6. The van der Waals surface area contributed by atoms with Gasteiger partial charge in [0, 0.05) is 12.1 Å². The highest BCUT2D eigenvalue weighted by Crippen LogP contribution is 2.23. The van der Waals surface area contributed by atoms with Crippen LogP contribution in [0.5, 0.6) is 5.75 Å². The zero-order valence-corrected chi connectivity index (χ0v) is 9.21. The van der Waals surface area contributed by atoms with Crippen molar-refractivity contribution in [3.63, 3.8) is 0 Å². The molecule has 1 unspecified atom stereocenters. The van der Waals surface area contributed by atoms with Crippen LogP contribution in [0.15, 0.2) is 18.2 Å². The lowest BCUT2D eigenvalue weighted by Crippen LogP contribution is -2.13. The molecule has 0 saturated carbocycles. The lowest BCUT2D eigenvalue weighted by atomic mass is 10.0. The van der Waals surface area contributed by atoms with Gasteiger partial charge < -0.3 is 20.2 Å². The number of aliphatic carboxylic acids is 1. The molecule has 1 atom stereocenters. The molecule has 88 valence electrons. The zero-order valence-electron chi connectivity index (χ0n) is 9.21. The molecule has 0 fully saturated rings. The number of aromatic hydroxyl groups is 1. The van der Waals surface area contributed by atoms with Gasteiger partial charge >= 0.3 is 5.97 Å². The quantitative estimate of drug-likeness (QED) is 0.698. The Bertz CT molecular complexity index is 390. The number of aliphatic hydroxyl groups is 1. The smallest absolute Gasteiger partial charge is 0.337 e. The third kappa shape index (κ3) is 2.95. The number of nitrogens with zero attached hydrogens (tertiary/aromatic N) is 1. The Morgan fingerprint density at radius 1 is 1.44 bits per heavy atom. The standard InChI is InChI=1S/C11H15NO4/c1-12(2)6-8-5-7(3-4-9(8)13)10(14)11(15)16/h3-5,10,13-14H,6H2,1-2H3,(H,15,16). The Kier molecular flexibility index (Phi) is 3.87. The third-order valence-electron chi connectivity index (χ3n) is 2.14. The number of hydrogen-bond donors (Lipinski definition) is 3. The van der Waals surface area contributed by atoms with Crippen molar-refractivity contribution in [1.29, 1.82) is 0 Å². The molecular formula is C11H15NO4. The monoisotopic (exact) mass is 225 g/mol. The molecule has 1 aromatic rings. The highest BCUT2D eigenvalue weighted by molar-refractivity contribution is 5.74. The van der Waals surface area contributed by atoms with Gasteiger partial charge in [-0.25, -0.2) is 4.79 Å². The molecule has 0 radical (unpaired) electrons. The fourth-order valence-corrected chi connectivity index (χ4v) is 1.39. The van der Waals surface area contributed by atoms with Gasteiger partial charge in [0.25, 0.3) is 0 Å². The van der Waals surface area contributed by atoms with Crippen LogP contribution in [-0.4, -0.2) is 40.3 Å². The predicted octanol–water partition coefficient (Wildman–Crippen LogP) is 0.572. The molecule has 0 amide bonds. The van der Waals surface area contributed by atoms with Gasteiger partial charge in [0.15, 0.2) is 6.10 Å². The Balaban J connectivity index is 3.02. The minimum absolute atomic E-state index is 0.0926. The summed E-state index contributed by atoms with van der Waals surface area (Å²) in [4.78, 5) is 12.4. The van der Waals surface area contributed by atoms with Gasteiger partial charge in [-0.15, -0.1) is 0 Å². The lowest BCUT2D eigenvalue weighted by Gasteiger charge is -2.13. The van der Waals surface area contributed by atoms with E-state index in [-0.39, 0.29) is 11.3 Å². The zero-order chi connectivity index (χ0) is 12.3. The van der Waals surface area contributed by atoms with Crippen molar-refractivity contribution >= 4 is 5.97 Å². The number of carboxylic acid groups (broad SMARTS) is 1.